The maximum absolute atomic E-state index is 6.25. The van der Waals surface area contributed by atoms with Gasteiger partial charge in [-0.25, -0.2) is 0 Å². The quantitative estimate of drug-likeness (QED) is 0.937. The molecule has 2 aromatic rings. The van der Waals surface area contributed by atoms with E-state index < -0.39 is 0 Å². The molecule has 3 rings (SSSR count). The van der Waals surface area contributed by atoms with E-state index in [4.69, 9.17) is 5.73 Å². The van der Waals surface area contributed by atoms with E-state index in [9.17, 15) is 0 Å². The van der Waals surface area contributed by atoms with Crippen molar-refractivity contribution in [2.24, 2.45) is 5.73 Å². The zero-order chi connectivity index (χ0) is 14.7. The van der Waals surface area contributed by atoms with Crippen molar-refractivity contribution in [3.63, 3.8) is 0 Å². The zero-order valence-electron chi connectivity index (χ0n) is 12.5. The van der Waals surface area contributed by atoms with Crippen LogP contribution in [0.5, 0.6) is 0 Å². The van der Waals surface area contributed by atoms with Crippen LogP contribution in [0.3, 0.4) is 0 Å². The van der Waals surface area contributed by atoms with Gasteiger partial charge in [0.1, 0.15) is 0 Å². The Kier molecular flexibility index (Phi) is 4.32. The summed E-state index contributed by atoms with van der Waals surface area (Å²) in [7, 11) is 0. The van der Waals surface area contributed by atoms with Gasteiger partial charge in [0.15, 0.2) is 0 Å². The van der Waals surface area contributed by atoms with Crippen LogP contribution in [-0.2, 0) is 0 Å². The summed E-state index contributed by atoms with van der Waals surface area (Å²) in [6, 6.07) is 17.2. The van der Waals surface area contributed by atoms with Gasteiger partial charge in [-0.15, -0.1) is 0 Å². The van der Waals surface area contributed by atoms with Crippen LogP contribution in [0.15, 0.2) is 54.7 Å². The number of rotatable bonds is 4. The van der Waals surface area contributed by atoms with Crippen molar-refractivity contribution in [3.8, 4) is 0 Å². The van der Waals surface area contributed by atoms with Crippen molar-refractivity contribution >= 4 is 0 Å². The lowest BCUT2D eigenvalue weighted by Crippen LogP contribution is -2.38. The predicted molar refractivity (Wildman–Crippen MR) is 86.0 cm³/mol. The van der Waals surface area contributed by atoms with E-state index in [0.717, 1.165) is 18.8 Å². The van der Waals surface area contributed by atoms with Crippen molar-refractivity contribution in [2.45, 2.75) is 31.3 Å². The smallest absolute Gasteiger partial charge is 0.0671 e. The summed E-state index contributed by atoms with van der Waals surface area (Å²) in [6.07, 6.45) is 3.05. The van der Waals surface area contributed by atoms with Gasteiger partial charge in [-0.1, -0.05) is 36.4 Å². The van der Waals surface area contributed by atoms with Crippen LogP contribution in [0.1, 0.15) is 36.6 Å². The molecule has 0 aliphatic carbocycles. The monoisotopic (exact) mass is 281 g/mol. The first-order valence-corrected chi connectivity index (χ1v) is 7.71. The number of nitrogens with two attached hydrogens (primary N) is 1. The first-order chi connectivity index (χ1) is 10.3. The Morgan fingerprint density at radius 1 is 1.14 bits per heavy atom. The van der Waals surface area contributed by atoms with Gasteiger partial charge in [0, 0.05) is 18.8 Å². The average Bonchev–Trinajstić information content (AvgIpc) is 2.98. The molecule has 3 atom stereocenters. The summed E-state index contributed by atoms with van der Waals surface area (Å²) in [6.45, 7) is 4.23. The van der Waals surface area contributed by atoms with Crippen LogP contribution in [0, 0.1) is 0 Å². The van der Waals surface area contributed by atoms with Gasteiger partial charge in [0.25, 0.3) is 0 Å². The van der Waals surface area contributed by atoms with Gasteiger partial charge >= 0.3 is 0 Å². The van der Waals surface area contributed by atoms with E-state index in [1.54, 1.807) is 0 Å². The van der Waals surface area contributed by atoms with E-state index in [1.807, 2.05) is 18.3 Å². The molecule has 1 aromatic heterocycles. The molecule has 0 spiro atoms. The fourth-order valence-electron chi connectivity index (χ4n) is 3.38. The average molecular weight is 281 g/mol. The lowest BCUT2D eigenvalue weighted by atomic mass is 9.98. The summed E-state index contributed by atoms with van der Waals surface area (Å²) in [5.41, 5.74) is 8.77. The molecule has 21 heavy (non-hydrogen) atoms. The standard InChI is InChI=1S/C18H23N3/c1-14(19)18(17-9-5-6-11-20-17)21-12-10-16(13-21)15-7-3-2-4-8-15/h2-9,11,14,16,18H,10,12-13,19H2,1H3. The Morgan fingerprint density at radius 3 is 2.57 bits per heavy atom. The second-order valence-electron chi connectivity index (χ2n) is 5.95. The van der Waals surface area contributed by atoms with E-state index in [2.05, 4.69) is 53.2 Å². The molecule has 1 saturated heterocycles. The minimum Gasteiger partial charge on any atom is -0.326 e. The highest BCUT2D eigenvalue weighted by Gasteiger charge is 2.32. The molecule has 110 valence electrons. The lowest BCUT2D eigenvalue weighted by molar-refractivity contribution is 0.212. The molecule has 3 heteroatoms. The largest absolute Gasteiger partial charge is 0.326 e. The predicted octanol–water partition coefficient (Wildman–Crippen LogP) is 2.96. The van der Waals surface area contributed by atoms with Gasteiger partial charge in [0.2, 0.25) is 0 Å². The van der Waals surface area contributed by atoms with E-state index >= 15 is 0 Å². The minimum absolute atomic E-state index is 0.0782. The summed E-state index contributed by atoms with van der Waals surface area (Å²) >= 11 is 0. The summed E-state index contributed by atoms with van der Waals surface area (Å²) in [4.78, 5) is 7.01. The third-order valence-corrected chi connectivity index (χ3v) is 4.37. The normalized spacial score (nSPS) is 22.1. The van der Waals surface area contributed by atoms with Gasteiger partial charge in [-0.05, 0) is 43.5 Å². The highest BCUT2D eigenvalue weighted by Crippen LogP contribution is 2.33. The maximum Gasteiger partial charge on any atom is 0.0671 e. The van der Waals surface area contributed by atoms with Crippen molar-refractivity contribution in [1.82, 2.24) is 9.88 Å². The molecule has 0 amide bonds. The molecule has 0 radical (unpaired) electrons. The number of nitrogens with zero attached hydrogens (tertiary/aromatic N) is 2. The number of pyridine rings is 1. The first kappa shape index (κ1) is 14.2. The van der Waals surface area contributed by atoms with Gasteiger partial charge in [-0.2, -0.15) is 0 Å². The van der Waals surface area contributed by atoms with Crippen LogP contribution in [-0.4, -0.2) is 29.0 Å². The van der Waals surface area contributed by atoms with Gasteiger partial charge < -0.3 is 5.73 Å². The molecule has 0 bridgehead atoms. The van der Waals surface area contributed by atoms with Crippen LogP contribution >= 0.6 is 0 Å². The molecule has 2 N–H and O–H groups in total. The highest BCUT2D eigenvalue weighted by atomic mass is 15.2. The first-order valence-electron chi connectivity index (χ1n) is 7.71. The minimum atomic E-state index is 0.0782. The van der Waals surface area contributed by atoms with Crippen molar-refractivity contribution in [1.29, 1.82) is 0 Å². The van der Waals surface area contributed by atoms with Gasteiger partial charge in [-0.3, -0.25) is 9.88 Å². The molecule has 2 heterocycles. The fraction of sp³-hybridized carbons (Fsp3) is 0.389. The fourth-order valence-corrected chi connectivity index (χ4v) is 3.38. The Hall–Kier alpha value is -1.71. The summed E-state index contributed by atoms with van der Waals surface area (Å²) in [5, 5.41) is 0. The summed E-state index contributed by atoms with van der Waals surface area (Å²) in [5.74, 6) is 0.608. The Labute approximate surface area is 126 Å². The molecule has 1 aliphatic rings. The maximum atomic E-state index is 6.25. The van der Waals surface area contributed by atoms with Crippen LogP contribution in [0.25, 0.3) is 0 Å². The third-order valence-electron chi connectivity index (χ3n) is 4.37. The Bertz CT molecular complexity index is 553. The van der Waals surface area contributed by atoms with E-state index in [-0.39, 0.29) is 12.1 Å². The summed E-state index contributed by atoms with van der Waals surface area (Å²) < 4.78 is 0. The van der Waals surface area contributed by atoms with E-state index in [0.29, 0.717) is 5.92 Å². The number of aromatic nitrogens is 1. The Morgan fingerprint density at radius 2 is 1.90 bits per heavy atom. The molecule has 1 aliphatic heterocycles. The lowest BCUT2D eigenvalue weighted by Gasteiger charge is -2.30. The molecule has 1 aromatic carbocycles. The molecular formula is C18H23N3. The van der Waals surface area contributed by atoms with Crippen LogP contribution in [0.4, 0.5) is 0 Å². The molecule has 3 nitrogen and oxygen atoms in total. The molecular weight excluding hydrogens is 258 g/mol. The third kappa shape index (κ3) is 3.14. The number of hydrogen-bond donors (Lipinski definition) is 1. The van der Waals surface area contributed by atoms with E-state index in [1.165, 1.54) is 12.0 Å². The van der Waals surface area contributed by atoms with Gasteiger partial charge in [0.05, 0.1) is 11.7 Å². The second kappa shape index (κ2) is 6.37. The van der Waals surface area contributed by atoms with Crippen molar-refractivity contribution in [2.75, 3.05) is 13.1 Å². The van der Waals surface area contributed by atoms with Crippen LogP contribution < -0.4 is 5.73 Å². The number of benzene rings is 1. The Balaban J connectivity index is 1.77. The zero-order valence-corrected chi connectivity index (χ0v) is 12.5. The van der Waals surface area contributed by atoms with Crippen LogP contribution in [0.2, 0.25) is 0 Å². The molecule has 0 saturated carbocycles. The molecule has 3 unspecified atom stereocenters. The number of hydrogen-bond acceptors (Lipinski definition) is 3. The van der Waals surface area contributed by atoms with Crippen molar-refractivity contribution in [3.05, 3.63) is 66.0 Å². The molecule has 1 fully saturated rings. The van der Waals surface area contributed by atoms with Crippen molar-refractivity contribution < 1.29 is 0 Å². The topological polar surface area (TPSA) is 42.1 Å². The highest BCUT2D eigenvalue weighted by molar-refractivity contribution is 5.22. The second-order valence-corrected chi connectivity index (χ2v) is 5.95. The number of likely N-dealkylation sites (tertiary alicyclic amines) is 1. The SMILES string of the molecule is CC(N)C(c1ccccn1)N1CCC(c2ccccc2)C1.